The summed E-state index contributed by atoms with van der Waals surface area (Å²) in [6.45, 7) is 15.2. The second-order valence-corrected chi connectivity index (χ2v) is 24.5. The molecule has 0 spiro atoms. The van der Waals surface area contributed by atoms with Gasteiger partial charge >= 0.3 is 0 Å². The average Bonchev–Trinajstić information content (AvgIpc) is 2.81. The maximum atomic E-state index is 14.2. The van der Waals surface area contributed by atoms with Gasteiger partial charge in [0.25, 0.3) is 10.1 Å². The molecule has 12 bridgehead atoms. The van der Waals surface area contributed by atoms with Gasteiger partial charge in [-0.15, -0.1) is 0 Å². The number of rotatable bonds is 4. The summed E-state index contributed by atoms with van der Waals surface area (Å²) in [5.74, 6) is 2.12. The Hall–Kier alpha value is -0.870. The van der Waals surface area contributed by atoms with Crippen LogP contribution in [-0.4, -0.2) is 13.0 Å². The van der Waals surface area contributed by atoms with E-state index in [0.717, 1.165) is 55.6 Å². The summed E-state index contributed by atoms with van der Waals surface area (Å²) in [5.41, 5.74) is 5.35. The molecule has 46 heavy (non-hydrogen) atoms. The van der Waals surface area contributed by atoms with Gasteiger partial charge in [0.1, 0.15) is 4.90 Å². The summed E-state index contributed by atoms with van der Waals surface area (Å²) in [6.07, 6.45) is 22.2. The summed E-state index contributed by atoms with van der Waals surface area (Å²) in [4.78, 5) is 0.404. The van der Waals surface area contributed by atoms with E-state index in [0.29, 0.717) is 27.6 Å². The molecule has 252 valence electrons. The first-order valence-electron chi connectivity index (χ1n) is 19.3. The molecule has 6 atom stereocenters. The maximum Gasteiger partial charge on any atom is 0.295 e. The van der Waals surface area contributed by atoms with Crippen LogP contribution in [0, 0.1) is 50.2 Å². The Labute approximate surface area is 279 Å². The second-order valence-electron chi connectivity index (χ2n) is 23.1. The van der Waals surface area contributed by atoms with Crippen molar-refractivity contribution in [2.24, 2.45) is 50.2 Å². The molecule has 0 radical (unpaired) electrons. The summed E-state index contributed by atoms with van der Waals surface area (Å²) < 4.78 is 40.0. The molecule has 0 heterocycles. The van der Waals surface area contributed by atoms with Crippen molar-refractivity contribution < 1.29 is 13.0 Å². The lowest BCUT2D eigenvalue weighted by molar-refractivity contribution is -0.115. The van der Waals surface area contributed by atoms with Crippen LogP contribution in [0.4, 0.5) is 0 Å². The van der Waals surface area contributed by atoms with Crippen LogP contribution >= 0.6 is 0 Å². The predicted molar refractivity (Wildman–Crippen MR) is 184 cm³/mol. The van der Waals surface area contributed by atoms with E-state index in [4.69, 9.17) is 0 Å². The summed E-state index contributed by atoms with van der Waals surface area (Å²) in [7, 11) is -4.43. The zero-order valence-corrected chi connectivity index (χ0v) is 30.6. The minimum atomic E-state index is -4.43. The molecule has 12 aliphatic rings. The first kappa shape index (κ1) is 30.0. The van der Waals surface area contributed by atoms with E-state index in [-0.39, 0.29) is 37.9 Å². The van der Waals surface area contributed by atoms with E-state index in [1.165, 1.54) is 82.6 Å². The molecule has 1 aromatic carbocycles. The normalized spacial score (nSPS) is 57.5. The first-order chi connectivity index (χ1) is 21.2. The van der Waals surface area contributed by atoms with E-state index in [1.807, 2.05) is 0 Å². The van der Waals surface area contributed by atoms with Crippen molar-refractivity contribution in [3.8, 4) is 0 Å². The fraction of sp³-hybridized carbons (Fsp3) is 0.857. The number of benzene rings is 1. The first-order valence-corrected chi connectivity index (χ1v) is 20.8. The highest BCUT2D eigenvalue weighted by Crippen LogP contribution is 2.75. The van der Waals surface area contributed by atoms with Crippen LogP contribution < -0.4 is 0 Å². The van der Waals surface area contributed by atoms with Gasteiger partial charge in [0, 0.05) is 0 Å². The van der Waals surface area contributed by atoms with Gasteiger partial charge in [-0.3, -0.25) is 4.55 Å². The topological polar surface area (TPSA) is 54.4 Å². The third-order valence-electron chi connectivity index (χ3n) is 17.0. The largest absolute Gasteiger partial charge is 0.295 e. The van der Waals surface area contributed by atoms with Crippen LogP contribution in [0.15, 0.2) is 17.0 Å². The molecule has 6 unspecified atom stereocenters. The third kappa shape index (κ3) is 4.01. The standard InChI is InChI=1S/C42H60O3S/c1-34-9-27-10-35(2,18-34)22-40(15-27,21-34)30-7-31(41-16-28-11-36(3,23-41)19-37(4,12-28)24-41)33(46(43,44)45)32(8-30)42-17-29-13-38(5,25-42)20-39(6,14-29)26-42/h7-8,27-29H,9-26H2,1-6H3,(H,43,44,45). The number of hydrogen-bond donors (Lipinski definition) is 1. The zero-order valence-electron chi connectivity index (χ0n) is 29.8. The third-order valence-corrected chi connectivity index (χ3v) is 17.9. The van der Waals surface area contributed by atoms with Crippen molar-refractivity contribution in [1.82, 2.24) is 0 Å². The lowest BCUT2D eigenvalue weighted by Crippen LogP contribution is -2.59. The van der Waals surface area contributed by atoms with Gasteiger partial charge in [-0.1, -0.05) is 53.7 Å². The molecule has 0 aliphatic heterocycles. The Bertz CT molecular complexity index is 1550. The van der Waals surface area contributed by atoms with Crippen molar-refractivity contribution in [3.05, 3.63) is 28.8 Å². The Balaban J connectivity index is 1.26. The lowest BCUT2D eigenvalue weighted by Gasteiger charge is -2.68. The quantitative estimate of drug-likeness (QED) is 0.332. The van der Waals surface area contributed by atoms with Gasteiger partial charge in [-0.05, 0) is 199 Å². The smallest absolute Gasteiger partial charge is 0.282 e. The summed E-state index contributed by atoms with van der Waals surface area (Å²) in [6, 6.07) is 4.96. The highest BCUT2D eigenvalue weighted by Gasteiger charge is 2.66. The Morgan fingerprint density at radius 2 is 0.761 bits per heavy atom. The molecule has 12 saturated carbocycles. The summed E-state index contributed by atoms with van der Waals surface area (Å²) in [5, 5.41) is 0. The minimum absolute atomic E-state index is 0.135. The van der Waals surface area contributed by atoms with Crippen LogP contribution in [0.25, 0.3) is 0 Å². The molecule has 12 aliphatic carbocycles. The SMILES string of the molecule is CC12CC3CC(C)(C1)CC(c1cc(C45CC6CC(C)(CC(C)(C6)C4)C5)c(S(=O)(=O)O)c(C45CC6CC(C)(CC(C)(C6)C4)C5)c1)(C3)C2. The van der Waals surface area contributed by atoms with E-state index in [2.05, 4.69) is 53.7 Å². The molecule has 3 nitrogen and oxygen atoms in total. The van der Waals surface area contributed by atoms with Crippen LogP contribution in [0.3, 0.4) is 0 Å². The van der Waals surface area contributed by atoms with Gasteiger partial charge in [0.2, 0.25) is 0 Å². The van der Waals surface area contributed by atoms with E-state index < -0.39 is 10.1 Å². The van der Waals surface area contributed by atoms with E-state index >= 15 is 0 Å². The molecule has 1 aromatic rings. The van der Waals surface area contributed by atoms with Crippen molar-refractivity contribution in [3.63, 3.8) is 0 Å². The van der Waals surface area contributed by atoms with Crippen molar-refractivity contribution >= 4 is 10.1 Å². The van der Waals surface area contributed by atoms with Crippen molar-refractivity contribution in [1.29, 1.82) is 0 Å². The molecule has 0 aromatic heterocycles. The monoisotopic (exact) mass is 644 g/mol. The van der Waals surface area contributed by atoms with Crippen molar-refractivity contribution in [2.75, 3.05) is 0 Å². The Morgan fingerprint density at radius 1 is 0.478 bits per heavy atom. The van der Waals surface area contributed by atoms with Crippen LogP contribution in [0.2, 0.25) is 0 Å². The average molecular weight is 645 g/mol. The molecule has 13 rings (SSSR count). The van der Waals surface area contributed by atoms with Gasteiger partial charge in [-0.2, -0.15) is 8.42 Å². The Kier molecular flexibility index (Phi) is 5.34. The van der Waals surface area contributed by atoms with E-state index in [1.54, 1.807) is 0 Å². The molecular weight excluding hydrogens is 585 g/mol. The molecule has 4 heteroatoms. The second kappa shape index (κ2) is 8.19. The number of hydrogen-bond acceptors (Lipinski definition) is 2. The predicted octanol–water partition coefficient (Wildman–Crippen LogP) is 10.7. The molecular formula is C42H60O3S. The van der Waals surface area contributed by atoms with Gasteiger partial charge in [0.15, 0.2) is 0 Å². The molecule has 0 saturated heterocycles. The highest BCUT2D eigenvalue weighted by molar-refractivity contribution is 7.86. The van der Waals surface area contributed by atoms with E-state index in [9.17, 15) is 13.0 Å². The van der Waals surface area contributed by atoms with Gasteiger partial charge in [0.05, 0.1) is 0 Å². The summed E-state index contributed by atoms with van der Waals surface area (Å²) >= 11 is 0. The van der Waals surface area contributed by atoms with Crippen LogP contribution in [-0.2, 0) is 26.4 Å². The maximum absolute atomic E-state index is 14.2. The fourth-order valence-corrected chi connectivity index (χ4v) is 20.4. The minimum Gasteiger partial charge on any atom is -0.282 e. The lowest BCUT2D eigenvalue weighted by atomic mass is 9.37. The Morgan fingerprint density at radius 3 is 1.04 bits per heavy atom. The van der Waals surface area contributed by atoms with Crippen molar-refractivity contribution in [2.45, 2.75) is 178 Å². The zero-order chi connectivity index (χ0) is 32.2. The molecule has 12 fully saturated rings. The highest BCUT2D eigenvalue weighted by atomic mass is 32.2. The van der Waals surface area contributed by atoms with Gasteiger partial charge in [-0.25, -0.2) is 0 Å². The molecule has 1 N–H and O–H groups in total. The van der Waals surface area contributed by atoms with Crippen LogP contribution in [0.5, 0.6) is 0 Å². The van der Waals surface area contributed by atoms with Gasteiger partial charge < -0.3 is 0 Å². The molecule has 0 amide bonds. The van der Waals surface area contributed by atoms with Crippen LogP contribution in [0.1, 0.15) is 174 Å². The fourth-order valence-electron chi connectivity index (χ4n) is 19.3.